The summed E-state index contributed by atoms with van der Waals surface area (Å²) in [4.78, 5) is 0. The van der Waals surface area contributed by atoms with Crippen LogP contribution in [0.15, 0.2) is 12.1 Å². The van der Waals surface area contributed by atoms with Gasteiger partial charge in [0.2, 0.25) is 0 Å². The fraction of sp³-hybridized carbons (Fsp3) is 0.625. The highest BCUT2D eigenvalue weighted by atomic mass is 35.5. The molecule has 0 amide bonds. The predicted molar refractivity (Wildman–Crippen MR) is 84.6 cm³/mol. The van der Waals surface area contributed by atoms with E-state index >= 15 is 0 Å². The zero-order chi connectivity index (χ0) is 15.2. The Labute approximate surface area is 131 Å². The minimum Gasteiger partial charge on any atom is -0.495 e. The van der Waals surface area contributed by atoms with E-state index in [2.05, 4.69) is 5.32 Å². The molecule has 2 atom stereocenters. The van der Waals surface area contributed by atoms with E-state index in [9.17, 15) is 0 Å². The molecular formula is C16H24ClNO3. The van der Waals surface area contributed by atoms with E-state index in [1.807, 2.05) is 19.2 Å². The minimum absolute atomic E-state index is 0.188. The van der Waals surface area contributed by atoms with Gasteiger partial charge < -0.3 is 19.5 Å². The Balaban J connectivity index is 2.14. The average Bonchev–Trinajstić information content (AvgIpc) is 3.01. The Morgan fingerprint density at radius 1 is 1.38 bits per heavy atom. The first-order valence-electron chi connectivity index (χ1n) is 7.40. The van der Waals surface area contributed by atoms with Crippen molar-refractivity contribution >= 4 is 11.6 Å². The van der Waals surface area contributed by atoms with E-state index in [0.717, 1.165) is 31.4 Å². The first kappa shape index (κ1) is 16.4. The van der Waals surface area contributed by atoms with Gasteiger partial charge in [-0.2, -0.15) is 0 Å². The first-order chi connectivity index (χ1) is 10.2. The summed E-state index contributed by atoms with van der Waals surface area (Å²) in [5.41, 5.74) is 1.06. The lowest BCUT2D eigenvalue weighted by Crippen LogP contribution is -2.19. The molecule has 1 heterocycles. The Morgan fingerprint density at radius 2 is 2.19 bits per heavy atom. The number of hydrogen-bond acceptors (Lipinski definition) is 4. The average molecular weight is 314 g/mol. The largest absolute Gasteiger partial charge is 0.495 e. The number of halogens is 1. The van der Waals surface area contributed by atoms with Crippen molar-refractivity contribution in [2.24, 2.45) is 0 Å². The molecule has 1 fully saturated rings. The Hall–Kier alpha value is -0.970. The molecule has 2 rings (SSSR count). The number of rotatable bonds is 7. The molecule has 1 aliphatic heterocycles. The summed E-state index contributed by atoms with van der Waals surface area (Å²) < 4.78 is 16.4. The van der Waals surface area contributed by atoms with Crippen LogP contribution in [0.3, 0.4) is 0 Å². The summed E-state index contributed by atoms with van der Waals surface area (Å²) in [6, 6.07) is 4.09. The maximum Gasteiger partial charge on any atom is 0.146 e. The highest BCUT2D eigenvalue weighted by Crippen LogP contribution is 2.40. The molecule has 0 bridgehead atoms. The van der Waals surface area contributed by atoms with Crippen LogP contribution >= 0.6 is 11.6 Å². The normalized spacial score (nSPS) is 19.5. The lowest BCUT2D eigenvalue weighted by Gasteiger charge is -2.22. The number of nitrogens with one attached hydrogen (secondary N) is 1. The van der Waals surface area contributed by atoms with Gasteiger partial charge in [-0.3, -0.25) is 0 Å². The van der Waals surface area contributed by atoms with Crippen LogP contribution in [0.1, 0.15) is 37.3 Å². The van der Waals surface area contributed by atoms with Crippen molar-refractivity contribution in [2.45, 2.75) is 37.8 Å². The zero-order valence-electron chi connectivity index (χ0n) is 12.9. The standard InChI is InChI=1S/C16H24ClNO3/c1-18-13(8-6-11-5-4-10-21-11)12-7-9-14(19-2)15(17)16(12)20-3/h7,9,11,13,18H,4-6,8,10H2,1-3H3. The van der Waals surface area contributed by atoms with Crippen LogP contribution < -0.4 is 14.8 Å². The van der Waals surface area contributed by atoms with Gasteiger partial charge in [0.15, 0.2) is 0 Å². The van der Waals surface area contributed by atoms with Gasteiger partial charge in [-0.1, -0.05) is 11.6 Å². The highest BCUT2D eigenvalue weighted by Gasteiger charge is 2.22. The molecule has 0 radical (unpaired) electrons. The van der Waals surface area contributed by atoms with Gasteiger partial charge in [-0.25, -0.2) is 0 Å². The van der Waals surface area contributed by atoms with Crippen molar-refractivity contribution in [3.05, 3.63) is 22.7 Å². The molecule has 0 aromatic heterocycles. The highest BCUT2D eigenvalue weighted by molar-refractivity contribution is 6.33. The van der Waals surface area contributed by atoms with Crippen LogP contribution in [0.2, 0.25) is 5.02 Å². The monoisotopic (exact) mass is 313 g/mol. The zero-order valence-corrected chi connectivity index (χ0v) is 13.7. The van der Waals surface area contributed by atoms with Crippen molar-refractivity contribution in [3.63, 3.8) is 0 Å². The SMILES string of the molecule is CNC(CCC1CCCO1)c1ccc(OC)c(Cl)c1OC. The van der Waals surface area contributed by atoms with Crippen LogP contribution in [0, 0.1) is 0 Å². The van der Waals surface area contributed by atoms with Crippen LogP contribution in [-0.4, -0.2) is 34.0 Å². The molecule has 0 spiro atoms. The number of methoxy groups -OCH3 is 2. The van der Waals surface area contributed by atoms with Gasteiger partial charge in [0.1, 0.15) is 16.5 Å². The van der Waals surface area contributed by atoms with E-state index in [4.69, 9.17) is 25.8 Å². The fourth-order valence-corrected chi connectivity index (χ4v) is 3.20. The van der Waals surface area contributed by atoms with Gasteiger partial charge in [-0.05, 0) is 44.9 Å². The van der Waals surface area contributed by atoms with Crippen LogP contribution in [0.4, 0.5) is 0 Å². The van der Waals surface area contributed by atoms with E-state index in [1.54, 1.807) is 14.2 Å². The second kappa shape index (κ2) is 7.87. The fourth-order valence-electron chi connectivity index (χ4n) is 2.87. The second-order valence-electron chi connectivity index (χ2n) is 5.26. The van der Waals surface area contributed by atoms with Crippen LogP contribution in [0.25, 0.3) is 0 Å². The molecule has 21 heavy (non-hydrogen) atoms. The quantitative estimate of drug-likeness (QED) is 0.835. The number of ether oxygens (including phenoxy) is 3. The number of benzene rings is 1. The Bertz CT molecular complexity index is 461. The van der Waals surface area contributed by atoms with Crippen molar-refractivity contribution < 1.29 is 14.2 Å². The lowest BCUT2D eigenvalue weighted by atomic mass is 9.98. The first-order valence-corrected chi connectivity index (χ1v) is 7.78. The van der Waals surface area contributed by atoms with Gasteiger partial charge in [-0.15, -0.1) is 0 Å². The molecule has 1 aliphatic rings. The van der Waals surface area contributed by atoms with Crippen molar-refractivity contribution in [1.82, 2.24) is 5.32 Å². The summed E-state index contributed by atoms with van der Waals surface area (Å²) >= 11 is 6.34. The lowest BCUT2D eigenvalue weighted by molar-refractivity contribution is 0.0997. The maximum absolute atomic E-state index is 6.34. The Kier molecular flexibility index (Phi) is 6.15. The third-order valence-corrected chi connectivity index (χ3v) is 4.40. The van der Waals surface area contributed by atoms with Crippen molar-refractivity contribution in [2.75, 3.05) is 27.9 Å². The molecule has 2 unspecified atom stereocenters. The molecule has 5 heteroatoms. The molecular weight excluding hydrogens is 290 g/mol. The molecule has 0 saturated carbocycles. The molecule has 1 aromatic carbocycles. The third kappa shape index (κ3) is 3.82. The summed E-state index contributed by atoms with van der Waals surface area (Å²) in [7, 11) is 5.20. The van der Waals surface area contributed by atoms with E-state index < -0.39 is 0 Å². The van der Waals surface area contributed by atoms with Gasteiger partial charge in [0.05, 0.1) is 20.3 Å². The summed E-state index contributed by atoms with van der Waals surface area (Å²) in [5.74, 6) is 1.31. The van der Waals surface area contributed by atoms with Gasteiger partial charge in [0.25, 0.3) is 0 Å². The van der Waals surface area contributed by atoms with E-state index in [-0.39, 0.29) is 6.04 Å². The molecule has 1 aromatic rings. The van der Waals surface area contributed by atoms with Crippen molar-refractivity contribution in [3.8, 4) is 11.5 Å². The molecule has 1 N–H and O–H groups in total. The van der Waals surface area contributed by atoms with Crippen LogP contribution in [-0.2, 0) is 4.74 Å². The van der Waals surface area contributed by atoms with E-state index in [0.29, 0.717) is 22.6 Å². The predicted octanol–water partition coefficient (Wildman–Crippen LogP) is 3.58. The smallest absolute Gasteiger partial charge is 0.146 e. The minimum atomic E-state index is 0.188. The molecule has 0 aliphatic carbocycles. The molecule has 118 valence electrons. The topological polar surface area (TPSA) is 39.7 Å². The summed E-state index contributed by atoms with van der Waals surface area (Å²) in [6.07, 6.45) is 4.75. The molecule has 1 saturated heterocycles. The summed E-state index contributed by atoms with van der Waals surface area (Å²) in [5, 5.41) is 3.87. The Morgan fingerprint density at radius 3 is 2.76 bits per heavy atom. The van der Waals surface area contributed by atoms with Crippen molar-refractivity contribution in [1.29, 1.82) is 0 Å². The molecule has 4 nitrogen and oxygen atoms in total. The summed E-state index contributed by atoms with van der Waals surface area (Å²) in [6.45, 7) is 0.895. The third-order valence-electron chi connectivity index (χ3n) is 4.04. The second-order valence-corrected chi connectivity index (χ2v) is 5.64. The van der Waals surface area contributed by atoms with Crippen LogP contribution in [0.5, 0.6) is 11.5 Å². The van der Waals surface area contributed by atoms with Gasteiger partial charge in [0, 0.05) is 18.2 Å². The maximum atomic E-state index is 6.34. The van der Waals surface area contributed by atoms with E-state index in [1.165, 1.54) is 6.42 Å². The number of hydrogen-bond donors (Lipinski definition) is 1. The van der Waals surface area contributed by atoms with Gasteiger partial charge >= 0.3 is 0 Å².